The van der Waals surface area contributed by atoms with Gasteiger partial charge in [0.15, 0.2) is 0 Å². The van der Waals surface area contributed by atoms with E-state index in [4.69, 9.17) is 0 Å². The van der Waals surface area contributed by atoms with Crippen LogP contribution in [-0.4, -0.2) is 24.5 Å². The molecule has 1 unspecified atom stereocenters. The molecule has 1 aromatic carbocycles. The maximum absolute atomic E-state index is 2.37. The van der Waals surface area contributed by atoms with E-state index in [1.807, 2.05) is 0 Å². The van der Waals surface area contributed by atoms with Gasteiger partial charge in [0.2, 0.25) is 0 Å². The molecular formula is C13H16LiN. The van der Waals surface area contributed by atoms with Gasteiger partial charge in [0.1, 0.15) is 0 Å². The number of likely N-dealkylation sites (N-methyl/N-ethyl adjacent to an activating group) is 1. The van der Waals surface area contributed by atoms with Crippen LogP contribution in [0, 0.1) is 6.42 Å². The van der Waals surface area contributed by atoms with Crippen LogP contribution in [-0.2, 0) is 6.42 Å². The van der Waals surface area contributed by atoms with Crippen LogP contribution in [0.15, 0.2) is 42.5 Å². The van der Waals surface area contributed by atoms with Crippen molar-refractivity contribution in [3.8, 4) is 0 Å². The van der Waals surface area contributed by atoms with Crippen LogP contribution in [0.5, 0.6) is 0 Å². The minimum atomic E-state index is 0. The summed E-state index contributed by atoms with van der Waals surface area (Å²) in [5.41, 5.74) is 1.42. The molecule has 0 saturated heterocycles. The minimum Gasteiger partial charge on any atom is -0.328 e. The quantitative estimate of drug-likeness (QED) is 0.452. The van der Waals surface area contributed by atoms with Crippen LogP contribution in [0.2, 0.25) is 0 Å². The largest absolute Gasteiger partial charge is 1.00 e. The maximum atomic E-state index is 2.37. The first kappa shape index (κ1) is 12.5. The summed E-state index contributed by atoms with van der Waals surface area (Å²) in [7, 11) is 2.17. The van der Waals surface area contributed by atoms with Gasteiger partial charge in [-0.15, -0.1) is 0 Å². The third-order valence-corrected chi connectivity index (χ3v) is 2.72. The summed E-state index contributed by atoms with van der Waals surface area (Å²) < 4.78 is 0. The minimum absolute atomic E-state index is 0. The van der Waals surface area contributed by atoms with Gasteiger partial charge in [-0.3, -0.25) is 0 Å². The molecule has 0 aliphatic heterocycles. The zero-order valence-corrected chi connectivity index (χ0v) is 9.56. The molecule has 15 heavy (non-hydrogen) atoms. The van der Waals surface area contributed by atoms with E-state index in [0.29, 0.717) is 6.04 Å². The van der Waals surface area contributed by atoms with Crippen LogP contribution < -0.4 is 18.9 Å². The van der Waals surface area contributed by atoms with Crippen molar-refractivity contribution >= 4 is 0 Å². The van der Waals surface area contributed by atoms with Crippen LogP contribution >= 0.6 is 0 Å². The average molecular weight is 193 g/mol. The molecule has 0 saturated carbocycles. The van der Waals surface area contributed by atoms with Gasteiger partial charge in [-0.1, -0.05) is 36.4 Å². The summed E-state index contributed by atoms with van der Waals surface area (Å²) in [4.78, 5) is 2.37. The number of rotatable bonds is 4. The Kier molecular flexibility index (Phi) is 5.05. The number of benzene rings is 1. The molecule has 0 fully saturated rings. The Balaban J connectivity index is 0.00000112. The second-order valence-electron chi connectivity index (χ2n) is 3.78. The van der Waals surface area contributed by atoms with Gasteiger partial charge in [-0.2, -0.15) is 0 Å². The first-order valence-electron chi connectivity index (χ1n) is 5.12. The third kappa shape index (κ3) is 3.46. The Labute approximate surface area is 104 Å². The van der Waals surface area contributed by atoms with Gasteiger partial charge in [-0.25, -0.2) is 18.6 Å². The van der Waals surface area contributed by atoms with Crippen LogP contribution in [0.3, 0.4) is 0 Å². The van der Waals surface area contributed by atoms with Crippen molar-refractivity contribution in [2.75, 3.05) is 13.6 Å². The standard InChI is InChI=1S/C13H16N.Li/c1-14(13-8-5-9-13)11-10-12-6-3-2-4-7-12;/h2-9,13H,10-11H2,1H3;/q-1;+1. The van der Waals surface area contributed by atoms with Gasteiger partial charge >= 0.3 is 18.9 Å². The van der Waals surface area contributed by atoms with E-state index in [-0.39, 0.29) is 18.9 Å². The summed E-state index contributed by atoms with van der Waals surface area (Å²) in [5.74, 6) is 0. The topological polar surface area (TPSA) is 3.24 Å². The van der Waals surface area contributed by atoms with Crippen LogP contribution in [0.1, 0.15) is 5.56 Å². The van der Waals surface area contributed by atoms with Gasteiger partial charge in [0, 0.05) is 0 Å². The number of nitrogens with zero attached hydrogens (tertiary/aromatic N) is 1. The monoisotopic (exact) mass is 193 g/mol. The zero-order chi connectivity index (χ0) is 9.80. The van der Waals surface area contributed by atoms with E-state index in [2.05, 4.69) is 60.9 Å². The normalized spacial score (nSPS) is 17.9. The fraction of sp³-hybridized carbons (Fsp3) is 0.308. The predicted molar refractivity (Wildman–Crippen MR) is 60.0 cm³/mol. The molecule has 0 spiro atoms. The Morgan fingerprint density at radius 2 is 1.93 bits per heavy atom. The molecule has 0 amide bonds. The summed E-state index contributed by atoms with van der Waals surface area (Å²) in [6, 6.07) is 11.2. The van der Waals surface area contributed by atoms with E-state index < -0.39 is 0 Å². The van der Waals surface area contributed by atoms with Crippen molar-refractivity contribution in [1.82, 2.24) is 4.90 Å². The first-order chi connectivity index (χ1) is 6.86. The molecule has 1 aliphatic carbocycles. The van der Waals surface area contributed by atoms with Crippen LogP contribution in [0.4, 0.5) is 0 Å². The van der Waals surface area contributed by atoms with Gasteiger partial charge in [0.25, 0.3) is 0 Å². The fourth-order valence-electron chi connectivity index (χ4n) is 1.60. The molecule has 0 radical (unpaired) electrons. The molecule has 1 nitrogen and oxygen atoms in total. The molecule has 1 atom stereocenters. The van der Waals surface area contributed by atoms with Crippen molar-refractivity contribution < 1.29 is 18.9 Å². The fourth-order valence-corrected chi connectivity index (χ4v) is 1.60. The predicted octanol–water partition coefficient (Wildman–Crippen LogP) is -0.692. The molecule has 74 valence electrons. The van der Waals surface area contributed by atoms with Gasteiger partial charge in [-0.05, 0) is 25.6 Å². The smallest absolute Gasteiger partial charge is 0.328 e. The zero-order valence-electron chi connectivity index (χ0n) is 9.56. The SMILES string of the molecule is CN(CCc1ccccc1)C1C=C[CH-]1.[Li+]. The molecular weight excluding hydrogens is 177 g/mol. The van der Waals surface area contributed by atoms with Crippen molar-refractivity contribution in [1.29, 1.82) is 0 Å². The van der Waals surface area contributed by atoms with Crippen LogP contribution in [0.25, 0.3) is 0 Å². The summed E-state index contributed by atoms with van der Waals surface area (Å²) in [6.07, 6.45) is 7.70. The molecule has 0 aromatic heterocycles. The number of hydrogen-bond acceptors (Lipinski definition) is 1. The maximum Gasteiger partial charge on any atom is 1.00 e. The van der Waals surface area contributed by atoms with Crippen molar-refractivity contribution in [3.63, 3.8) is 0 Å². The molecule has 1 aliphatic rings. The van der Waals surface area contributed by atoms with Crippen molar-refractivity contribution in [3.05, 3.63) is 54.5 Å². The molecule has 0 bridgehead atoms. The molecule has 0 heterocycles. The van der Waals surface area contributed by atoms with E-state index in [1.54, 1.807) is 0 Å². The van der Waals surface area contributed by atoms with Crippen molar-refractivity contribution in [2.24, 2.45) is 0 Å². The molecule has 2 heteroatoms. The molecule has 1 aromatic rings. The van der Waals surface area contributed by atoms with E-state index in [1.165, 1.54) is 5.56 Å². The molecule has 0 N–H and O–H groups in total. The number of hydrogen-bond donors (Lipinski definition) is 0. The Hall–Kier alpha value is -0.613. The van der Waals surface area contributed by atoms with Crippen molar-refractivity contribution in [2.45, 2.75) is 12.5 Å². The second kappa shape index (κ2) is 6.08. The summed E-state index contributed by atoms with van der Waals surface area (Å²) in [5, 5.41) is 0. The molecule has 2 rings (SSSR count). The third-order valence-electron chi connectivity index (χ3n) is 2.72. The Morgan fingerprint density at radius 3 is 2.47 bits per heavy atom. The summed E-state index contributed by atoms with van der Waals surface area (Å²) >= 11 is 0. The average Bonchev–Trinajstić information content (AvgIpc) is 2.14. The Bertz CT molecular complexity index is 308. The summed E-state index contributed by atoms with van der Waals surface area (Å²) in [6.45, 7) is 1.12. The second-order valence-corrected chi connectivity index (χ2v) is 3.78. The Morgan fingerprint density at radius 1 is 1.27 bits per heavy atom. The van der Waals surface area contributed by atoms with Gasteiger partial charge in [0.05, 0.1) is 0 Å². The van der Waals surface area contributed by atoms with E-state index in [9.17, 15) is 0 Å². The van der Waals surface area contributed by atoms with Gasteiger partial charge < -0.3 is 4.90 Å². The first-order valence-corrected chi connectivity index (χ1v) is 5.12. The van der Waals surface area contributed by atoms with E-state index in [0.717, 1.165) is 13.0 Å². The van der Waals surface area contributed by atoms with E-state index >= 15 is 0 Å².